The van der Waals surface area contributed by atoms with Crippen LogP contribution in [0.15, 0.2) is 12.3 Å². The molecule has 2 heterocycles. The average molecular weight is 253 g/mol. The first-order valence-electron chi connectivity index (χ1n) is 5.83. The molecule has 1 unspecified atom stereocenters. The number of carboxylic acid groups (broad SMARTS) is 1. The zero-order valence-corrected chi connectivity index (χ0v) is 10.4. The molecule has 1 aliphatic rings. The second-order valence-electron chi connectivity index (χ2n) is 4.61. The van der Waals surface area contributed by atoms with E-state index < -0.39 is 11.8 Å². The molecule has 1 saturated heterocycles. The molecule has 0 saturated carbocycles. The zero-order chi connectivity index (χ0) is 13.3. The van der Waals surface area contributed by atoms with Gasteiger partial charge in [0.05, 0.1) is 6.20 Å². The molecule has 1 atom stereocenters. The number of nitrogens with zero attached hydrogens (tertiary/aromatic N) is 3. The largest absolute Gasteiger partial charge is 0.478 e. The fourth-order valence-corrected chi connectivity index (χ4v) is 2.08. The van der Waals surface area contributed by atoms with E-state index in [1.165, 1.54) is 0 Å². The zero-order valence-electron chi connectivity index (χ0n) is 10.4. The Morgan fingerprint density at radius 1 is 1.56 bits per heavy atom. The van der Waals surface area contributed by atoms with E-state index in [0.717, 1.165) is 18.8 Å². The van der Waals surface area contributed by atoms with Crippen molar-refractivity contribution in [1.29, 1.82) is 0 Å². The Labute approximate surface area is 105 Å². The Morgan fingerprint density at radius 3 is 2.89 bits per heavy atom. The SMILES string of the molecule is CC1CN(c2ncc(F)cc2C(=O)O)CCN1C. The smallest absolute Gasteiger partial charge is 0.339 e. The van der Waals surface area contributed by atoms with E-state index in [4.69, 9.17) is 5.11 Å². The van der Waals surface area contributed by atoms with Gasteiger partial charge in [-0.1, -0.05) is 0 Å². The number of aromatic carboxylic acids is 1. The lowest BCUT2D eigenvalue weighted by molar-refractivity contribution is 0.0696. The van der Waals surface area contributed by atoms with Crippen molar-refractivity contribution in [2.75, 3.05) is 31.6 Å². The molecule has 98 valence electrons. The Morgan fingerprint density at radius 2 is 2.28 bits per heavy atom. The number of hydrogen-bond acceptors (Lipinski definition) is 4. The van der Waals surface area contributed by atoms with Crippen molar-refractivity contribution in [3.63, 3.8) is 0 Å². The highest BCUT2D eigenvalue weighted by molar-refractivity contribution is 5.93. The van der Waals surface area contributed by atoms with Crippen molar-refractivity contribution in [3.05, 3.63) is 23.6 Å². The molecule has 1 aliphatic heterocycles. The van der Waals surface area contributed by atoms with Crippen LogP contribution in [0.4, 0.5) is 10.2 Å². The van der Waals surface area contributed by atoms with Gasteiger partial charge in [-0.25, -0.2) is 14.2 Å². The maximum atomic E-state index is 13.1. The lowest BCUT2D eigenvalue weighted by atomic mass is 10.1. The molecule has 0 radical (unpaired) electrons. The molecule has 5 nitrogen and oxygen atoms in total. The van der Waals surface area contributed by atoms with Crippen molar-refractivity contribution in [1.82, 2.24) is 9.88 Å². The van der Waals surface area contributed by atoms with Gasteiger partial charge >= 0.3 is 5.97 Å². The van der Waals surface area contributed by atoms with Crippen LogP contribution < -0.4 is 4.90 Å². The molecule has 0 spiro atoms. The van der Waals surface area contributed by atoms with Crippen LogP contribution in [-0.2, 0) is 0 Å². The fourth-order valence-electron chi connectivity index (χ4n) is 2.08. The third-order valence-corrected chi connectivity index (χ3v) is 3.32. The summed E-state index contributed by atoms with van der Waals surface area (Å²) in [5, 5.41) is 9.09. The summed E-state index contributed by atoms with van der Waals surface area (Å²) < 4.78 is 13.1. The number of carboxylic acids is 1. The minimum Gasteiger partial charge on any atom is -0.478 e. The van der Waals surface area contributed by atoms with E-state index in [1.54, 1.807) is 0 Å². The first kappa shape index (κ1) is 12.8. The number of carbonyl (C=O) groups is 1. The third kappa shape index (κ3) is 2.43. The summed E-state index contributed by atoms with van der Waals surface area (Å²) in [4.78, 5) is 19.1. The highest BCUT2D eigenvalue weighted by atomic mass is 19.1. The van der Waals surface area contributed by atoms with Crippen LogP contribution in [0, 0.1) is 5.82 Å². The quantitative estimate of drug-likeness (QED) is 0.854. The van der Waals surface area contributed by atoms with Crippen LogP contribution in [0.2, 0.25) is 0 Å². The number of piperazine rings is 1. The minimum atomic E-state index is -1.15. The van der Waals surface area contributed by atoms with Gasteiger partial charge in [-0.05, 0) is 20.0 Å². The Kier molecular flexibility index (Phi) is 3.47. The van der Waals surface area contributed by atoms with E-state index in [9.17, 15) is 9.18 Å². The number of hydrogen-bond donors (Lipinski definition) is 1. The molecule has 0 aromatic carbocycles. The highest BCUT2D eigenvalue weighted by Gasteiger charge is 2.25. The normalized spacial score (nSPS) is 21.1. The third-order valence-electron chi connectivity index (χ3n) is 3.32. The van der Waals surface area contributed by atoms with Crippen LogP contribution in [0.3, 0.4) is 0 Å². The summed E-state index contributed by atoms with van der Waals surface area (Å²) in [6, 6.07) is 1.33. The predicted octanol–water partition coefficient (Wildman–Crippen LogP) is 1.06. The van der Waals surface area contributed by atoms with E-state index in [1.807, 2.05) is 11.9 Å². The molecular weight excluding hydrogens is 237 g/mol. The predicted molar refractivity (Wildman–Crippen MR) is 65.5 cm³/mol. The summed E-state index contributed by atoms with van der Waals surface area (Å²) in [5.74, 6) is -1.43. The van der Waals surface area contributed by atoms with Crippen LogP contribution in [0.5, 0.6) is 0 Å². The molecule has 0 amide bonds. The number of aromatic nitrogens is 1. The summed E-state index contributed by atoms with van der Waals surface area (Å²) in [7, 11) is 2.03. The van der Waals surface area contributed by atoms with Crippen molar-refractivity contribution >= 4 is 11.8 Å². The molecule has 0 bridgehead atoms. The summed E-state index contributed by atoms with van der Waals surface area (Å²) in [6.07, 6.45) is 1.06. The van der Waals surface area contributed by atoms with Crippen LogP contribution in [0.25, 0.3) is 0 Å². The van der Waals surface area contributed by atoms with Crippen molar-refractivity contribution < 1.29 is 14.3 Å². The Hall–Kier alpha value is -1.69. The van der Waals surface area contributed by atoms with E-state index in [2.05, 4.69) is 16.8 Å². The number of anilines is 1. The first-order valence-corrected chi connectivity index (χ1v) is 5.83. The number of rotatable bonds is 2. The first-order chi connectivity index (χ1) is 8.49. The molecular formula is C12H16FN3O2. The maximum Gasteiger partial charge on any atom is 0.339 e. The van der Waals surface area contributed by atoms with Crippen LogP contribution in [0.1, 0.15) is 17.3 Å². The van der Waals surface area contributed by atoms with E-state index in [0.29, 0.717) is 24.9 Å². The molecule has 1 aromatic rings. The molecule has 0 aliphatic carbocycles. The van der Waals surface area contributed by atoms with Gasteiger partial charge in [-0.3, -0.25) is 0 Å². The lowest BCUT2D eigenvalue weighted by Crippen LogP contribution is -2.50. The van der Waals surface area contributed by atoms with Crippen molar-refractivity contribution in [2.24, 2.45) is 0 Å². The van der Waals surface area contributed by atoms with E-state index in [-0.39, 0.29) is 5.56 Å². The Bertz CT molecular complexity index is 467. The molecule has 1 N–H and O–H groups in total. The molecule has 1 aromatic heterocycles. The fraction of sp³-hybridized carbons (Fsp3) is 0.500. The van der Waals surface area contributed by atoms with Gasteiger partial charge in [0.15, 0.2) is 0 Å². The lowest BCUT2D eigenvalue weighted by Gasteiger charge is -2.38. The van der Waals surface area contributed by atoms with Crippen molar-refractivity contribution in [2.45, 2.75) is 13.0 Å². The standard InChI is InChI=1S/C12H16FN3O2/c1-8-7-16(4-3-15(8)2)11-10(12(17)18)5-9(13)6-14-11/h5-6,8H,3-4,7H2,1-2H3,(H,17,18). The topological polar surface area (TPSA) is 56.7 Å². The summed E-state index contributed by atoms with van der Waals surface area (Å²) in [5.41, 5.74) is -0.0771. The average Bonchev–Trinajstić information content (AvgIpc) is 2.32. The van der Waals surface area contributed by atoms with Gasteiger partial charge < -0.3 is 14.9 Å². The summed E-state index contributed by atoms with van der Waals surface area (Å²) in [6.45, 7) is 4.28. The van der Waals surface area contributed by atoms with Gasteiger partial charge in [-0.15, -0.1) is 0 Å². The van der Waals surface area contributed by atoms with Gasteiger partial charge in [0, 0.05) is 25.7 Å². The van der Waals surface area contributed by atoms with Crippen LogP contribution in [-0.4, -0.2) is 53.7 Å². The van der Waals surface area contributed by atoms with E-state index >= 15 is 0 Å². The minimum absolute atomic E-state index is 0.0771. The van der Waals surface area contributed by atoms with Gasteiger partial charge in [-0.2, -0.15) is 0 Å². The maximum absolute atomic E-state index is 13.1. The number of pyridine rings is 1. The number of halogens is 1. The van der Waals surface area contributed by atoms with Gasteiger partial charge in [0.1, 0.15) is 17.2 Å². The molecule has 6 heteroatoms. The molecule has 1 fully saturated rings. The summed E-state index contributed by atoms with van der Waals surface area (Å²) >= 11 is 0. The van der Waals surface area contributed by atoms with Gasteiger partial charge in [0.2, 0.25) is 0 Å². The Balaban J connectivity index is 2.30. The van der Waals surface area contributed by atoms with Crippen molar-refractivity contribution in [3.8, 4) is 0 Å². The number of likely N-dealkylation sites (N-methyl/N-ethyl adjacent to an activating group) is 1. The second-order valence-corrected chi connectivity index (χ2v) is 4.61. The van der Waals surface area contributed by atoms with Crippen LogP contribution >= 0.6 is 0 Å². The highest BCUT2D eigenvalue weighted by Crippen LogP contribution is 2.21. The second kappa shape index (κ2) is 4.89. The monoisotopic (exact) mass is 253 g/mol. The van der Waals surface area contributed by atoms with Gasteiger partial charge in [0.25, 0.3) is 0 Å². The molecule has 2 rings (SSSR count). The molecule has 18 heavy (non-hydrogen) atoms.